The highest BCUT2D eigenvalue weighted by molar-refractivity contribution is 8.15. The molecule has 3 aliphatic rings. The summed E-state index contributed by atoms with van der Waals surface area (Å²) in [6, 6.07) is 17.8. The molecule has 3 heterocycles. The highest BCUT2D eigenvalue weighted by atomic mass is 32.2. The van der Waals surface area contributed by atoms with E-state index in [9.17, 15) is 28.8 Å². The second-order valence-electron chi connectivity index (χ2n) is 10.0. The standard InChI is InChI=1S/C28H30N6O6S2/c35-23(29-19-7-3-1-4-8-19)15-21-25(37)33(27(39)41-21)17-31-11-13-32(14-12-31)18-34-26(38)22(42-28(34)40)16-24(36)30-20-9-5-2-6-10-20/h1-10,21-22H,11-18H2,(H,29,35)(H,30,36). The van der Waals surface area contributed by atoms with Crippen molar-refractivity contribution in [1.29, 1.82) is 0 Å². The molecule has 220 valence electrons. The van der Waals surface area contributed by atoms with Crippen molar-refractivity contribution in [3.8, 4) is 0 Å². The quantitative estimate of drug-likeness (QED) is 0.413. The molecule has 3 fully saturated rings. The molecular weight excluding hydrogens is 580 g/mol. The number of benzene rings is 2. The third-order valence-electron chi connectivity index (χ3n) is 7.01. The molecule has 2 N–H and O–H groups in total. The van der Waals surface area contributed by atoms with Gasteiger partial charge in [-0.2, -0.15) is 0 Å². The first-order chi connectivity index (χ1) is 20.3. The van der Waals surface area contributed by atoms with Gasteiger partial charge in [0.1, 0.15) is 10.5 Å². The first-order valence-electron chi connectivity index (χ1n) is 13.5. The number of para-hydroxylation sites is 2. The fourth-order valence-electron chi connectivity index (χ4n) is 4.79. The second-order valence-corrected chi connectivity index (χ2v) is 12.3. The van der Waals surface area contributed by atoms with Gasteiger partial charge < -0.3 is 10.6 Å². The lowest BCUT2D eigenvalue weighted by Crippen LogP contribution is -2.53. The Labute approximate surface area is 251 Å². The Bertz CT molecular complexity index is 1250. The topological polar surface area (TPSA) is 139 Å². The zero-order valence-electron chi connectivity index (χ0n) is 22.6. The van der Waals surface area contributed by atoms with Crippen molar-refractivity contribution < 1.29 is 28.8 Å². The summed E-state index contributed by atoms with van der Waals surface area (Å²) < 4.78 is 0. The Balaban J connectivity index is 1.05. The summed E-state index contributed by atoms with van der Waals surface area (Å²) in [5, 5.41) is 3.18. The fourth-order valence-corrected chi connectivity index (χ4v) is 6.75. The van der Waals surface area contributed by atoms with E-state index >= 15 is 0 Å². The molecule has 42 heavy (non-hydrogen) atoms. The zero-order chi connectivity index (χ0) is 29.6. The van der Waals surface area contributed by atoms with E-state index in [1.54, 1.807) is 48.5 Å². The molecule has 0 bridgehead atoms. The summed E-state index contributed by atoms with van der Waals surface area (Å²) >= 11 is 1.73. The smallest absolute Gasteiger partial charge is 0.290 e. The minimum atomic E-state index is -0.769. The number of amides is 6. The van der Waals surface area contributed by atoms with Gasteiger partial charge in [-0.25, -0.2) is 0 Å². The molecule has 2 aromatic rings. The lowest BCUT2D eigenvalue weighted by molar-refractivity contribution is -0.131. The van der Waals surface area contributed by atoms with E-state index in [0.717, 1.165) is 23.5 Å². The van der Waals surface area contributed by atoms with Gasteiger partial charge in [-0.15, -0.1) is 0 Å². The average Bonchev–Trinajstić information content (AvgIpc) is 3.38. The molecule has 3 aliphatic heterocycles. The molecule has 12 nitrogen and oxygen atoms in total. The number of carbonyl (C=O) groups is 6. The van der Waals surface area contributed by atoms with E-state index < -0.39 is 10.5 Å². The van der Waals surface area contributed by atoms with E-state index in [1.807, 2.05) is 21.9 Å². The average molecular weight is 611 g/mol. The fraction of sp³-hybridized carbons (Fsp3) is 0.357. The van der Waals surface area contributed by atoms with E-state index in [4.69, 9.17) is 0 Å². The molecule has 2 atom stereocenters. The number of nitrogens with one attached hydrogen (secondary N) is 2. The van der Waals surface area contributed by atoms with Crippen LogP contribution >= 0.6 is 23.5 Å². The van der Waals surface area contributed by atoms with Gasteiger partial charge >= 0.3 is 0 Å². The number of anilines is 2. The Morgan fingerprint density at radius 3 is 1.33 bits per heavy atom. The van der Waals surface area contributed by atoms with Gasteiger partial charge in [-0.1, -0.05) is 59.9 Å². The lowest BCUT2D eigenvalue weighted by atomic mass is 10.2. The van der Waals surface area contributed by atoms with Gasteiger partial charge in [0.2, 0.25) is 23.6 Å². The van der Waals surface area contributed by atoms with E-state index in [1.165, 1.54) is 9.80 Å². The van der Waals surface area contributed by atoms with Gasteiger partial charge in [0, 0.05) is 50.4 Å². The summed E-state index contributed by atoms with van der Waals surface area (Å²) in [6.07, 6.45) is -0.196. The van der Waals surface area contributed by atoms with Crippen LogP contribution in [0.2, 0.25) is 0 Å². The van der Waals surface area contributed by atoms with Crippen LogP contribution in [-0.4, -0.2) is 104 Å². The predicted octanol–water partition coefficient (Wildman–Crippen LogP) is 2.70. The van der Waals surface area contributed by atoms with Gasteiger partial charge in [-0.3, -0.25) is 48.4 Å². The highest BCUT2D eigenvalue weighted by Crippen LogP contribution is 2.31. The minimum Gasteiger partial charge on any atom is -0.326 e. The SMILES string of the molecule is O=C(CC1SC(=O)N(CN2CCN(CN3C(=O)SC(CC(=O)Nc4ccccc4)C3=O)CC2)C1=O)Nc1ccccc1. The van der Waals surface area contributed by atoms with Crippen LogP contribution in [0.15, 0.2) is 60.7 Å². The number of thioether (sulfide) groups is 2. The number of carbonyl (C=O) groups excluding carboxylic acids is 6. The Morgan fingerprint density at radius 1 is 0.619 bits per heavy atom. The number of rotatable bonds is 10. The molecule has 0 radical (unpaired) electrons. The van der Waals surface area contributed by atoms with Crippen LogP contribution in [0.3, 0.4) is 0 Å². The third-order valence-corrected chi connectivity index (χ3v) is 9.16. The van der Waals surface area contributed by atoms with Gasteiger partial charge in [0.15, 0.2) is 0 Å². The molecule has 6 amide bonds. The maximum absolute atomic E-state index is 12.9. The molecular formula is C28H30N6O6S2. The number of nitrogens with zero attached hydrogens (tertiary/aromatic N) is 4. The van der Waals surface area contributed by atoms with Crippen LogP contribution < -0.4 is 10.6 Å². The first kappa shape index (κ1) is 29.8. The number of imide groups is 2. The highest BCUT2D eigenvalue weighted by Gasteiger charge is 2.43. The minimum absolute atomic E-state index is 0.0980. The maximum Gasteiger partial charge on any atom is 0.290 e. The number of hydrogen-bond donors (Lipinski definition) is 2. The summed E-state index contributed by atoms with van der Waals surface area (Å²) in [4.78, 5) is 82.0. The normalized spacial score (nSPS) is 21.7. The molecule has 2 unspecified atom stereocenters. The Hall–Kier alpha value is -3.72. The van der Waals surface area contributed by atoms with Gasteiger partial charge in [-0.05, 0) is 24.3 Å². The Morgan fingerprint density at radius 2 is 0.976 bits per heavy atom. The van der Waals surface area contributed by atoms with Crippen molar-refractivity contribution in [1.82, 2.24) is 19.6 Å². The summed E-state index contributed by atoms with van der Waals surface area (Å²) in [5.74, 6) is -1.44. The lowest BCUT2D eigenvalue weighted by Gasteiger charge is -2.37. The molecule has 0 aromatic heterocycles. The molecule has 0 spiro atoms. The maximum atomic E-state index is 12.9. The number of piperazine rings is 1. The Kier molecular flexibility index (Phi) is 9.57. The van der Waals surface area contributed by atoms with E-state index in [0.29, 0.717) is 37.6 Å². The van der Waals surface area contributed by atoms with Crippen molar-refractivity contribution in [3.05, 3.63) is 60.7 Å². The van der Waals surface area contributed by atoms with Crippen molar-refractivity contribution in [2.45, 2.75) is 23.3 Å². The zero-order valence-corrected chi connectivity index (χ0v) is 24.3. The summed E-state index contributed by atoms with van der Waals surface area (Å²) in [6.45, 7) is 2.32. The number of hydrogen-bond acceptors (Lipinski definition) is 10. The molecule has 14 heteroatoms. The van der Waals surface area contributed by atoms with Crippen molar-refractivity contribution in [3.63, 3.8) is 0 Å². The molecule has 0 saturated carbocycles. The van der Waals surface area contributed by atoms with Gasteiger partial charge in [0.05, 0.1) is 13.3 Å². The van der Waals surface area contributed by atoms with Crippen molar-refractivity contribution >= 4 is 69.0 Å². The summed E-state index contributed by atoms with van der Waals surface area (Å²) in [5.41, 5.74) is 1.25. The molecule has 5 rings (SSSR count). The van der Waals surface area contributed by atoms with Crippen LogP contribution in [0.1, 0.15) is 12.8 Å². The van der Waals surface area contributed by atoms with Crippen LogP contribution in [0.5, 0.6) is 0 Å². The van der Waals surface area contributed by atoms with Crippen molar-refractivity contribution in [2.75, 3.05) is 50.1 Å². The van der Waals surface area contributed by atoms with Gasteiger partial charge in [0.25, 0.3) is 10.5 Å². The van der Waals surface area contributed by atoms with Crippen LogP contribution in [0, 0.1) is 0 Å². The largest absolute Gasteiger partial charge is 0.326 e. The third kappa shape index (κ3) is 7.37. The monoisotopic (exact) mass is 610 g/mol. The molecule has 2 aromatic carbocycles. The summed E-state index contributed by atoms with van der Waals surface area (Å²) in [7, 11) is 0. The van der Waals surface area contributed by atoms with Crippen LogP contribution in [-0.2, 0) is 19.2 Å². The molecule has 3 saturated heterocycles. The van der Waals surface area contributed by atoms with E-state index in [2.05, 4.69) is 10.6 Å². The van der Waals surface area contributed by atoms with Crippen molar-refractivity contribution in [2.24, 2.45) is 0 Å². The van der Waals surface area contributed by atoms with Crippen LogP contribution in [0.4, 0.5) is 21.0 Å². The van der Waals surface area contributed by atoms with Crippen LogP contribution in [0.25, 0.3) is 0 Å². The first-order valence-corrected chi connectivity index (χ1v) is 15.2. The second kappa shape index (κ2) is 13.5. The predicted molar refractivity (Wildman–Crippen MR) is 159 cm³/mol. The molecule has 0 aliphatic carbocycles. The van der Waals surface area contributed by atoms with E-state index in [-0.39, 0.29) is 60.3 Å².